The number of nitriles is 1. The molecule has 1 N–H and O–H groups in total. The Balaban J connectivity index is 0.00000441. The highest BCUT2D eigenvalue weighted by molar-refractivity contribution is 6.07. The molecule has 0 bridgehead atoms. The molecule has 1 aliphatic heterocycles. The normalized spacial score (nSPS) is 18.9. The quantitative estimate of drug-likeness (QED) is 0.471. The predicted molar refractivity (Wildman–Crippen MR) is 138 cm³/mol. The van der Waals surface area contributed by atoms with Crippen molar-refractivity contribution >= 4 is 23.5 Å². The van der Waals surface area contributed by atoms with Gasteiger partial charge >= 0.3 is 6.18 Å². The van der Waals surface area contributed by atoms with Crippen LogP contribution in [0.5, 0.6) is 0 Å². The van der Waals surface area contributed by atoms with E-state index in [0.29, 0.717) is 30.8 Å². The van der Waals surface area contributed by atoms with Crippen LogP contribution in [0.4, 0.5) is 19.0 Å². The van der Waals surface area contributed by atoms with Crippen LogP contribution in [-0.4, -0.2) is 57.6 Å². The first-order valence-electron chi connectivity index (χ1n) is 13.1. The first-order valence-corrected chi connectivity index (χ1v) is 13.1. The third kappa shape index (κ3) is 5.35. The smallest absolute Gasteiger partial charge is 0.340 e. The molecule has 9 nitrogen and oxygen atoms in total. The molecule has 1 aromatic carbocycles. The van der Waals surface area contributed by atoms with Crippen LogP contribution >= 0.6 is 0 Å². The Labute approximate surface area is 226 Å². The Morgan fingerprint density at radius 1 is 1.26 bits per heavy atom. The van der Waals surface area contributed by atoms with Crippen LogP contribution in [-0.2, 0) is 17.5 Å². The van der Waals surface area contributed by atoms with E-state index < -0.39 is 41.4 Å². The number of carbonyl (C=O) groups excluding carboxylic acids is 3. The van der Waals surface area contributed by atoms with Crippen molar-refractivity contribution in [3.63, 3.8) is 0 Å². The van der Waals surface area contributed by atoms with Crippen LogP contribution in [0.1, 0.15) is 85.8 Å². The van der Waals surface area contributed by atoms with E-state index in [1.54, 1.807) is 11.6 Å². The number of benzene rings is 1. The van der Waals surface area contributed by atoms with Gasteiger partial charge in [0, 0.05) is 37.6 Å². The number of rotatable bonds is 9. The number of alkyl halides is 3. The minimum atomic E-state index is -4.63. The number of carbonyl (C=O) groups is 3. The van der Waals surface area contributed by atoms with Gasteiger partial charge in [-0.05, 0) is 50.8 Å². The van der Waals surface area contributed by atoms with Gasteiger partial charge in [0.05, 0.1) is 11.6 Å². The third-order valence-corrected chi connectivity index (χ3v) is 7.14. The summed E-state index contributed by atoms with van der Waals surface area (Å²) < 4.78 is 41.4. The fourth-order valence-electron chi connectivity index (χ4n) is 5.16. The number of aryl methyl sites for hydroxylation is 1. The Hall–Kier alpha value is -3.88. The summed E-state index contributed by atoms with van der Waals surface area (Å²) in [6.45, 7) is 6.09. The average molecular weight is 547 g/mol. The highest BCUT2D eigenvalue weighted by Crippen LogP contribution is 2.42. The molecule has 1 aromatic heterocycles. The Morgan fingerprint density at radius 2 is 1.97 bits per heavy atom. The van der Waals surface area contributed by atoms with Crippen molar-refractivity contribution < 1.29 is 29.0 Å². The van der Waals surface area contributed by atoms with E-state index in [2.05, 4.69) is 10.4 Å². The second-order valence-electron chi connectivity index (χ2n) is 9.76. The van der Waals surface area contributed by atoms with E-state index in [9.17, 15) is 32.8 Å². The Kier molecular flexibility index (Phi) is 7.99. The highest BCUT2D eigenvalue weighted by atomic mass is 19.4. The first-order chi connectivity index (χ1) is 18.6. The van der Waals surface area contributed by atoms with Crippen LogP contribution in [0.2, 0.25) is 0 Å². The van der Waals surface area contributed by atoms with Gasteiger partial charge in [-0.15, -0.1) is 0 Å². The third-order valence-electron chi connectivity index (χ3n) is 7.14. The minimum absolute atomic E-state index is 0. The molecule has 0 radical (unpaired) electrons. The maximum absolute atomic E-state index is 13.7. The van der Waals surface area contributed by atoms with Crippen molar-refractivity contribution in [2.24, 2.45) is 0 Å². The Bertz CT molecular complexity index is 1320. The van der Waals surface area contributed by atoms with Gasteiger partial charge in [0.1, 0.15) is 18.4 Å². The number of hydrogen-bond acceptors (Lipinski definition) is 5. The van der Waals surface area contributed by atoms with Gasteiger partial charge in [0.2, 0.25) is 0 Å². The van der Waals surface area contributed by atoms with E-state index in [-0.39, 0.29) is 31.8 Å². The van der Waals surface area contributed by atoms with E-state index in [0.717, 1.165) is 31.0 Å². The maximum atomic E-state index is 13.7. The topological polar surface area (TPSA) is 111 Å². The lowest BCUT2D eigenvalue weighted by Gasteiger charge is -2.38. The zero-order valence-corrected chi connectivity index (χ0v) is 22.1. The van der Waals surface area contributed by atoms with E-state index in [1.807, 2.05) is 19.9 Å². The van der Waals surface area contributed by atoms with Crippen LogP contribution < -0.4 is 10.2 Å². The van der Waals surface area contributed by atoms with Crippen LogP contribution in [0.15, 0.2) is 24.3 Å². The van der Waals surface area contributed by atoms with Gasteiger partial charge in [-0.25, -0.2) is 4.68 Å². The molecule has 0 unspecified atom stereocenters. The van der Waals surface area contributed by atoms with Crippen molar-refractivity contribution in [3.05, 3.63) is 46.6 Å². The molecule has 39 heavy (non-hydrogen) atoms. The maximum Gasteiger partial charge on any atom is 0.416 e. The lowest BCUT2D eigenvalue weighted by atomic mass is 9.84. The van der Waals surface area contributed by atoms with Gasteiger partial charge in [0.15, 0.2) is 5.69 Å². The van der Waals surface area contributed by atoms with E-state index in [1.165, 1.54) is 15.9 Å². The lowest BCUT2D eigenvalue weighted by molar-refractivity contribution is -0.137. The van der Waals surface area contributed by atoms with Crippen molar-refractivity contribution in [2.75, 3.05) is 18.0 Å². The summed E-state index contributed by atoms with van der Waals surface area (Å²) in [7, 11) is 0. The molecular formula is C27H33F3N6O3. The zero-order valence-electron chi connectivity index (χ0n) is 22.1. The fourth-order valence-corrected chi connectivity index (χ4v) is 5.16. The largest absolute Gasteiger partial charge is 0.416 e. The van der Waals surface area contributed by atoms with E-state index >= 15 is 0 Å². The van der Waals surface area contributed by atoms with Crippen molar-refractivity contribution in [2.45, 2.75) is 77.2 Å². The van der Waals surface area contributed by atoms with Crippen LogP contribution in [0.3, 0.4) is 0 Å². The second kappa shape index (κ2) is 11.1. The van der Waals surface area contributed by atoms with E-state index in [4.69, 9.17) is 0 Å². The Morgan fingerprint density at radius 3 is 2.54 bits per heavy atom. The molecular weight excluding hydrogens is 513 g/mol. The summed E-state index contributed by atoms with van der Waals surface area (Å²) in [5, 5.41) is 16.6. The number of anilines is 1. The number of hydrogen-bond donors (Lipinski definition) is 1. The molecule has 0 spiro atoms. The summed E-state index contributed by atoms with van der Waals surface area (Å²) in [6, 6.07) is 4.88. The van der Waals surface area contributed by atoms with Crippen molar-refractivity contribution in [1.82, 2.24) is 20.0 Å². The zero-order chi connectivity index (χ0) is 28.5. The SMILES string of the molecule is CCCn1nc(C(=O)N(CC#N)C2CC2)c2c1N(CC)C(=O)[C@H](NC(=O)c1cccc(C(F)(F)F)c1)[C@@H]2CC.[HH]. The average Bonchev–Trinajstić information content (AvgIpc) is 3.69. The standard InChI is InChI=1S/C27H31F3N6O3.H2/c1-4-13-36-24-20(22(33-36)26(39)35(14-12-31)18-10-11-18)19(5-2)21(25(38)34(24)6-3)32-23(37)16-8-7-9-17(15-16)27(28,29)30;/h7-9,15,18-19,21H,4-6,10-11,13-14H2,1-3H3,(H,32,37);1H/t19-,21-;/m1./s1. The van der Waals surface area contributed by atoms with Gasteiger partial charge in [0.25, 0.3) is 17.7 Å². The lowest BCUT2D eigenvalue weighted by Crippen LogP contribution is -2.55. The summed E-state index contributed by atoms with van der Waals surface area (Å²) in [5.41, 5.74) is -0.554. The number of fused-ring (bicyclic) bond motifs is 1. The van der Waals surface area contributed by atoms with Gasteiger partial charge in [-0.3, -0.25) is 19.3 Å². The predicted octanol–water partition coefficient (Wildman–Crippen LogP) is 4.34. The number of nitrogens with one attached hydrogen (secondary N) is 1. The number of halogens is 3. The molecule has 1 fully saturated rings. The molecule has 1 aliphatic carbocycles. The number of aromatic nitrogens is 2. The van der Waals surface area contributed by atoms with Crippen LogP contribution in [0.25, 0.3) is 0 Å². The summed E-state index contributed by atoms with van der Waals surface area (Å²) in [5.74, 6) is -1.83. The number of likely N-dealkylation sites (N-methyl/N-ethyl adjacent to an activating group) is 1. The molecule has 4 rings (SSSR count). The monoisotopic (exact) mass is 546 g/mol. The van der Waals surface area contributed by atoms with Crippen molar-refractivity contribution in [3.8, 4) is 6.07 Å². The second-order valence-corrected chi connectivity index (χ2v) is 9.76. The summed E-state index contributed by atoms with van der Waals surface area (Å²) in [6.07, 6.45) is -2.01. The van der Waals surface area contributed by atoms with Crippen molar-refractivity contribution in [1.29, 1.82) is 5.26 Å². The molecule has 1 saturated carbocycles. The molecule has 2 atom stereocenters. The number of amides is 3. The minimum Gasteiger partial charge on any atom is -0.340 e. The fraction of sp³-hybridized carbons (Fsp3) is 0.519. The highest BCUT2D eigenvalue weighted by Gasteiger charge is 2.47. The summed E-state index contributed by atoms with van der Waals surface area (Å²) >= 11 is 0. The molecule has 2 aromatic rings. The van der Waals surface area contributed by atoms with Gasteiger partial charge < -0.3 is 10.2 Å². The van der Waals surface area contributed by atoms with Gasteiger partial charge in [-0.1, -0.05) is 19.9 Å². The molecule has 12 heteroatoms. The molecule has 210 valence electrons. The van der Waals surface area contributed by atoms with Crippen LogP contribution in [0, 0.1) is 11.3 Å². The summed E-state index contributed by atoms with van der Waals surface area (Å²) in [4.78, 5) is 43.5. The molecule has 2 aliphatic rings. The molecule has 2 heterocycles. The van der Waals surface area contributed by atoms with Gasteiger partial charge in [-0.2, -0.15) is 23.5 Å². The molecule has 3 amide bonds. The number of nitrogens with zero attached hydrogens (tertiary/aromatic N) is 5. The first kappa shape index (κ1) is 28.1. The molecule has 0 saturated heterocycles.